The van der Waals surface area contributed by atoms with Crippen molar-refractivity contribution < 1.29 is 24.0 Å². The summed E-state index contributed by atoms with van der Waals surface area (Å²) in [5, 5.41) is 9.75. The van der Waals surface area contributed by atoms with Crippen LogP contribution in [0.4, 0.5) is 5.69 Å². The molecule has 190 valence electrons. The molecular weight excluding hydrogens is 472 g/mol. The average Bonchev–Trinajstić information content (AvgIpc) is 2.90. The van der Waals surface area contributed by atoms with Crippen LogP contribution in [0.1, 0.15) is 24.8 Å². The third-order valence-corrected chi connectivity index (χ3v) is 6.12. The molecule has 1 heterocycles. The van der Waals surface area contributed by atoms with Crippen LogP contribution in [0, 0.1) is 0 Å². The average molecular weight is 501 g/mol. The van der Waals surface area contributed by atoms with E-state index >= 15 is 0 Å². The van der Waals surface area contributed by atoms with E-state index in [1.165, 1.54) is 0 Å². The smallest absolute Gasteiger partial charge is 0.249 e. The van der Waals surface area contributed by atoms with Crippen LogP contribution < -0.4 is 16.0 Å². The molecule has 0 bridgehead atoms. The molecule has 3 aromatic carbocycles. The van der Waals surface area contributed by atoms with E-state index in [1.54, 1.807) is 30.3 Å². The van der Waals surface area contributed by atoms with Crippen LogP contribution in [-0.4, -0.2) is 53.6 Å². The van der Waals surface area contributed by atoms with E-state index in [9.17, 15) is 24.0 Å². The second-order valence-electron chi connectivity index (χ2n) is 8.82. The topological polar surface area (TPSA) is 125 Å². The minimum absolute atomic E-state index is 0.0552. The molecule has 1 atom stereocenters. The number of nitrogens with one attached hydrogen (secondary N) is 3. The number of hydrogen-bond acceptors (Lipinski definition) is 5. The van der Waals surface area contributed by atoms with E-state index in [0.717, 1.165) is 21.2 Å². The third-order valence-electron chi connectivity index (χ3n) is 6.12. The SMILES string of the molecule is O=C1CCCC(=O)NCC(=O)N([C@@H](Cc2ccccc2)C(=O)Nc2ccc3ccccc3c2)C(=O)CN1. The zero-order chi connectivity index (χ0) is 26.2. The summed E-state index contributed by atoms with van der Waals surface area (Å²) in [5.74, 6) is -2.85. The highest BCUT2D eigenvalue weighted by atomic mass is 16.2. The summed E-state index contributed by atoms with van der Waals surface area (Å²) in [6.07, 6.45) is 0.503. The van der Waals surface area contributed by atoms with Crippen LogP contribution in [-0.2, 0) is 30.4 Å². The fourth-order valence-corrected chi connectivity index (χ4v) is 4.22. The highest BCUT2D eigenvalue weighted by Gasteiger charge is 2.35. The van der Waals surface area contributed by atoms with Gasteiger partial charge in [-0.3, -0.25) is 28.9 Å². The van der Waals surface area contributed by atoms with Crippen LogP contribution >= 0.6 is 0 Å². The molecule has 9 heteroatoms. The van der Waals surface area contributed by atoms with E-state index in [4.69, 9.17) is 0 Å². The predicted octanol–water partition coefficient (Wildman–Crippen LogP) is 2.16. The Morgan fingerprint density at radius 1 is 0.784 bits per heavy atom. The normalized spacial score (nSPS) is 16.3. The van der Waals surface area contributed by atoms with E-state index in [-0.39, 0.29) is 19.3 Å². The van der Waals surface area contributed by atoms with Crippen molar-refractivity contribution in [3.05, 3.63) is 78.4 Å². The van der Waals surface area contributed by atoms with Crippen molar-refractivity contribution in [2.24, 2.45) is 0 Å². The Labute approximate surface area is 214 Å². The van der Waals surface area contributed by atoms with Gasteiger partial charge in [0.1, 0.15) is 6.04 Å². The Hall–Kier alpha value is -4.53. The Bertz CT molecular complexity index is 1290. The van der Waals surface area contributed by atoms with Crippen LogP contribution in [0.3, 0.4) is 0 Å². The molecule has 0 aromatic heterocycles. The fourth-order valence-electron chi connectivity index (χ4n) is 4.22. The highest BCUT2D eigenvalue weighted by Crippen LogP contribution is 2.20. The van der Waals surface area contributed by atoms with Crippen molar-refractivity contribution in [1.29, 1.82) is 0 Å². The third kappa shape index (κ3) is 6.78. The molecule has 5 amide bonds. The number of nitrogens with zero attached hydrogens (tertiary/aromatic N) is 1. The molecule has 0 radical (unpaired) electrons. The molecule has 0 saturated carbocycles. The summed E-state index contributed by atoms with van der Waals surface area (Å²) in [5.41, 5.74) is 1.25. The minimum Gasteiger partial charge on any atom is -0.347 e. The number of benzene rings is 3. The molecule has 0 spiro atoms. The number of imide groups is 1. The highest BCUT2D eigenvalue weighted by molar-refractivity contribution is 6.06. The van der Waals surface area contributed by atoms with Gasteiger partial charge in [-0.2, -0.15) is 0 Å². The second-order valence-corrected chi connectivity index (χ2v) is 8.82. The zero-order valence-electron chi connectivity index (χ0n) is 20.2. The van der Waals surface area contributed by atoms with Gasteiger partial charge in [0, 0.05) is 24.9 Å². The Kier molecular flexibility index (Phi) is 8.25. The lowest BCUT2D eigenvalue weighted by atomic mass is 10.0. The molecule has 9 nitrogen and oxygen atoms in total. The number of carbonyl (C=O) groups is 5. The van der Waals surface area contributed by atoms with Crippen molar-refractivity contribution >= 4 is 46.0 Å². The molecule has 37 heavy (non-hydrogen) atoms. The van der Waals surface area contributed by atoms with Gasteiger partial charge in [0.2, 0.25) is 29.5 Å². The molecule has 1 saturated heterocycles. The summed E-state index contributed by atoms with van der Waals surface area (Å²) in [6.45, 7) is -0.875. The van der Waals surface area contributed by atoms with Crippen molar-refractivity contribution in [3.63, 3.8) is 0 Å². The van der Waals surface area contributed by atoms with Gasteiger partial charge in [-0.15, -0.1) is 0 Å². The first-order chi connectivity index (χ1) is 17.9. The first-order valence-electron chi connectivity index (χ1n) is 12.1. The van der Waals surface area contributed by atoms with E-state index < -0.39 is 48.7 Å². The monoisotopic (exact) mass is 500 g/mol. The van der Waals surface area contributed by atoms with E-state index in [1.807, 2.05) is 42.5 Å². The Morgan fingerprint density at radius 2 is 1.38 bits per heavy atom. The minimum atomic E-state index is -1.22. The molecule has 0 aliphatic carbocycles. The lowest BCUT2D eigenvalue weighted by Gasteiger charge is -2.30. The van der Waals surface area contributed by atoms with Gasteiger partial charge < -0.3 is 16.0 Å². The summed E-state index contributed by atoms with van der Waals surface area (Å²) < 4.78 is 0. The lowest BCUT2D eigenvalue weighted by molar-refractivity contribution is -0.151. The van der Waals surface area contributed by atoms with E-state index in [2.05, 4.69) is 16.0 Å². The molecular formula is C28H28N4O5. The quantitative estimate of drug-likeness (QED) is 0.463. The predicted molar refractivity (Wildman–Crippen MR) is 138 cm³/mol. The largest absolute Gasteiger partial charge is 0.347 e. The number of carbonyl (C=O) groups excluding carboxylic acids is 5. The number of hydrogen-bond donors (Lipinski definition) is 3. The van der Waals surface area contributed by atoms with Crippen molar-refractivity contribution in [1.82, 2.24) is 15.5 Å². The van der Waals surface area contributed by atoms with Gasteiger partial charge in [-0.25, -0.2) is 0 Å². The Balaban J connectivity index is 1.65. The van der Waals surface area contributed by atoms with Crippen LogP contribution in [0.5, 0.6) is 0 Å². The molecule has 1 fully saturated rings. The van der Waals surface area contributed by atoms with E-state index in [0.29, 0.717) is 12.1 Å². The number of amides is 5. The zero-order valence-corrected chi connectivity index (χ0v) is 20.2. The first-order valence-corrected chi connectivity index (χ1v) is 12.1. The van der Waals surface area contributed by atoms with Gasteiger partial charge >= 0.3 is 0 Å². The summed E-state index contributed by atoms with van der Waals surface area (Å²) in [6, 6.07) is 20.9. The summed E-state index contributed by atoms with van der Waals surface area (Å²) in [7, 11) is 0. The number of anilines is 1. The first kappa shape index (κ1) is 25.6. The second kappa shape index (κ2) is 11.9. The molecule has 3 aromatic rings. The molecule has 1 aliphatic heterocycles. The maximum absolute atomic E-state index is 13.6. The van der Waals surface area contributed by atoms with Crippen LogP contribution in [0.2, 0.25) is 0 Å². The van der Waals surface area contributed by atoms with Gasteiger partial charge in [0.15, 0.2) is 0 Å². The standard InChI is InChI=1S/C28H28N4O5/c33-24-11-6-12-25(34)30-18-27(36)32(26(35)17-29-24)23(15-19-7-2-1-3-8-19)28(37)31-22-14-13-20-9-4-5-10-21(20)16-22/h1-5,7-10,13-14,16,23H,6,11-12,15,17-18H2,(H,29,33)(H,30,34)(H,31,37)/t23-/m0/s1. The van der Waals surface area contributed by atoms with Gasteiger partial charge in [-0.05, 0) is 34.9 Å². The van der Waals surface area contributed by atoms with Crippen LogP contribution in [0.15, 0.2) is 72.8 Å². The molecule has 0 unspecified atom stereocenters. The van der Waals surface area contributed by atoms with Crippen molar-refractivity contribution in [3.8, 4) is 0 Å². The maximum atomic E-state index is 13.6. The molecule has 1 aliphatic rings. The summed E-state index contributed by atoms with van der Waals surface area (Å²) >= 11 is 0. The van der Waals surface area contributed by atoms with Crippen molar-refractivity contribution in [2.45, 2.75) is 31.7 Å². The molecule has 3 N–H and O–H groups in total. The summed E-state index contributed by atoms with van der Waals surface area (Å²) in [4.78, 5) is 65.1. The van der Waals surface area contributed by atoms with Gasteiger partial charge in [0.05, 0.1) is 13.1 Å². The fraction of sp³-hybridized carbons (Fsp3) is 0.250. The molecule has 4 rings (SSSR count). The number of rotatable bonds is 5. The Morgan fingerprint density at radius 3 is 2.03 bits per heavy atom. The van der Waals surface area contributed by atoms with Gasteiger partial charge in [0.25, 0.3) is 0 Å². The van der Waals surface area contributed by atoms with Crippen LogP contribution in [0.25, 0.3) is 10.8 Å². The lowest BCUT2D eigenvalue weighted by Crippen LogP contribution is -2.56. The van der Waals surface area contributed by atoms with Crippen molar-refractivity contribution in [2.75, 3.05) is 18.4 Å². The maximum Gasteiger partial charge on any atom is 0.249 e. The van der Waals surface area contributed by atoms with Gasteiger partial charge in [-0.1, -0.05) is 60.7 Å². The number of fused-ring (bicyclic) bond motifs is 1.